The highest BCUT2D eigenvalue weighted by Crippen LogP contribution is 2.32. The normalized spacial score (nSPS) is 20.5. The first-order valence-electron chi connectivity index (χ1n) is 5.83. The second kappa shape index (κ2) is 4.97. The maximum Gasteiger partial charge on any atom is 0.309 e. The van der Waals surface area contributed by atoms with E-state index in [1.807, 2.05) is 0 Å². The predicted octanol–water partition coefficient (Wildman–Crippen LogP) is 2.43. The van der Waals surface area contributed by atoms with Gasteiger partial charge in [0.05, 0.1) is 11.5 Å². The largest absolute Gasteiger partial charge is 0.481 e. The third kappa shape index (κ3) is 3.82. The van der Waals surface area contributed by atoms with Crippen LogP contribution in [0.2, 0.25) is 0 Å². The minimum atomic E-state index is -0.826. The molecule has 0 aromatic carbocycles. The molecular formula is C12H22O3. The summed E-state index contributed by atoms with van der Waals surface area (Å²) in [5.41, 5.74) is -0.808. The topological polar surface area (TPSA) is 57.5 Å². The van der Waals surface area contributed by atoms with Gasteiger partial charge in [-0.3, -0.25) is 4.79 Å². The minimum Gasteiger partial charge on any atom is -0.481 e. The predicted molar refractivity (Wildman–Crippen MR) is 58.6 cm³/mol. The average Bonchev–Trinajstić information content (AvgIpc) is 2.54. The standard InChI is InChI=1S/C12H22O3/c1-12(2,11(14)15)8-10(13)7-9-5-3-4-6-9/h9-10,13H,3-8H2,1-2H3,(H,14,15). The Bertz CT molecular complexity index is 217. The van der Waals surface area contributed by atoms with Crippen LogP contribution in [0.4, 0.5) is 0 Å². The van der Waals surface area contributed by atoms with Crippen LogP contribution in [-0.4, -0.2) is 22.3 Å². The number of hydrogen-bond donors (Lipinski definition) is 2. The van der Waals surface area contributed by atoms with Gasteiger partial charge in [0.25, 0.3) is 0 Å². The lowest BCUT2D eigenvalue weighted by Gasteiger charge is -2.24. The van der Waals surface area contributed by atoms with Gasteiger partial charge in [-0.1, -0.05) is 25.7 Å². The van der Waals surface area contributed by atoms with Crippen LogP contribution in [-0.2, 0) is 4.79 Å². The van der Waals surface area contributed by atoms with Gasteiger partial charge in [-0.05, 0) is 32.6 Å². The summed E-state index contributed by atoms with van der Waals surface area (Å²) in [7, 11) is 0. The Morgan fingerprint density at radius 1 is 1.40 bits per heavy atom. The van der Waals surface area contributed by atoms with Crippen LogP contribution in [0, 0.1) is 11.3 Å². The van der Waals surface area contributed by atoms with Gasteiger partial charge in [-0.15, -0.1) is 0 Å². The molecule has 0 aromatic heterocycles. The van der Waals surface area contributed by atoms with E-state index in [-0.39, 0.29) is 0 Å². The number of aliphatic hydroxyl groups is 1. The fourth-order valence-electron chi connectivity index (χ4n) is 2.39. The maximum absolute atomic E-state index is 10.9. The highest BCUT2D eigenvalue weighted by Gasteiger charge is 2.31. The molecule has 1 rings (SSSR count). The zero-order chi connectivity index (χ0) is 11.5. The van der Waals surface area contributed by atoms with Crippen molar-refractivity contribution in [2.75, 3.05) is 0 Å². The molecule has 1 fully saturated rings. The summed E-state index contributed by atoms with van der Waals surface area (Å²) in [5.74, 6) is -0.211. The zero-order valence-electron chi connectivity index (χ0n) is 9.70. The molecule has 0 aromatic rings. The Kier molecular flexibility index (Phi) is 4.14. The minimum absolute atomic E-state index is 0.360. The molecule has 1 aliphatic carbocycles. The average molecular weight is 214 g/mol. The summed E-state index contributed by atoms with van der Waals surface area (Å²) in [5, 5.41) is 18.8. The second-order valence-electron chi connectivity index (χ2n) is 5.43. The van der Waals surface area contributed by atoms with Gasteiger partial charge in [0, 0.05) is 0 Å². The molecule has 1 saturated carbocycles. The molecule has 0 spiro atoms. The Morgan fingerprint density at radius 3 is 2.40 bits per heavy atom. The van der Waals surface area contributed by atoms with E-state index in [1.165, 1.54) is 25.7 Å². The second-order valence-corrected chi connectivity index (χ2v) is 5.43. The monoisotopic (exact) mass is 214 g/mol. The molecule has 0 heterocycles. The molecule has 0 bridgehead atoms. The highest BCUT2D eigenvalue weighted by molar-refractivity contribution is 5.73. The van der Waals surface area contributed by atoms with Crippen molar-refractivity contribution in [3.8, 4) is 0 Å². The lowest BCUT2D eigenvalue weighted by molar-refractivity contribution is -0.148. The van der Waals surface area contributed by atoms with Crippen LogP contribution in [0.5, 0.6) is 0 Å². The quantitative estimate of drug-likeness (QED) is 0.739. The van der Waals surface area contributed by atoms with E-state index in [0.717, 1.165) is 6.42 Å². The zero-order valence-corrected chi connectivity index (χ0v) is 9.70. The number of carboxylic acid groups (broad SMARTS) is 1. The molecule has 1 unspecified atom stereocenters. The van der Waals surface area contributed by atoms with E-state index in [2.05, 4.69) is 0 Å². The summed E-state index contributed by atoms with van der Waals surface area (Å²) in [6, 6.07) is 0. The molecule has 88 valence electrons. The first-order valence-corrected chi connectivity index (χ1v) is 5.83. The Labute approximate surface area is 91.5 Å². The lowest BCUT2D eigenvalue weighted by atomic mass is 9.84. The molecule has 0 saturated heterocycles. The van der Waals surface area contributed by atoms with Crippen molar-refractivity contribution in [1.29, 1.82) is 0 Å². The number of carbonyl (C=O) groups is 1. The summed E-state index contributed by atoms with van der Waals surface area (Å²) in [6.07, 6.45) is 5.60. The van der Waals surface area contributed by atoms with Crippen LogP contribution >= 0.6 is 0 Å². The van der Waals surface area contributed by atoms with Crippen LogP contribution < -0.4 is 0 Å². The van der Waals surface area contributed by atoms with Crippen molar-refractivity contribution in [2.45, 2.75) is 58.5 Å². The van der Waals surface area contributed by atoms with Gasteiger partial charge in [-0.2, -0.15) is 0 Å². The van der Waals surface area contributed by atoms with Gasteiger partial charge in [-0.25, -0.2) is 0 Å². The SMILES string of the molecule is CC(C)(CC(O)CC1CCCC1)C(=O)O. The molecule has 3 nitrogen and oxygen atoms in total. The fraction of sp³-hybridized carbons (Fsp3) is 0.917. The summed E-state index contributed by atoms with van der Waals surface area (Å²) in [6.45, 7) is 3.35. The summed E-state index contributed by atoms with van der Waals surface area (Å²) >= 11 is 0. The van der Waals surface area contributed by atoms with Crippen molar-refractivity contribution in [2.24, 2.45) is 11.3 Å². The maximum atomic E-state index is 10.9. The third-order valence-corrected chi connectivity index (χ3v) is 3.41. The van der Waals surface area contributed by atoms with E-state index in [4.69, 9.17) is 5.11 Å². The molecule has 1 aliphatic rings. The first-order chi connectivity index (χ1) is 6.92. The van der Waals surface area contributed by atoms with E-state index < -0.39 is 17.5 Å². The van der Waals surface area contributed by atoms with E-state index in [1.54, 1.807) is 13.8 Å². The van der Waals surface area contributed by atoms with Crippen molar-refractivity contribution < 1.29 is 15.0 Å². The summed E-state index contributed by atoms with van der Waals surface area (Å²) < 4.78 is 0. The fourth-order valence-corrected chi connectivity index (χ4v) is 2.39. The van der Waals surface area contributed by atoms with Crippen molar-refractivity contribution in [3.05, 3.63) is 0 Å². The van der Waals surface area contributed by atoms with Gasteiger partial charge < -0.3 is 10.2 Å². The van der Waals surface area contributed by atoms with E-state index in [0.29, 0.717) is 12.3 Å². The van der Waals surface area contributed by atoms with Crippen LogP contribution in [0.25, 0.3) is 0 Å². The molecule has 0 radical (unpaired) electrons. The first kappa shape index (κ1) is 12.5. The Balaban J connectivity index is 2.34. The number of aliphatic carboxylic acids is 1. The number of carboxylic acids is 1. The smallest absolute Gasteiger partial charge is 0.309 e. The van der Waals surface area contributed by atoms with Gasteiger partial charge in [0.1, 0.15) is 0 Å². The van der Waals surface area contributed by atoms with Gasteiger partial charge in [0.2, 0.25) is 0 Å². The van der Waals surface area contributed by atoms with Crippen LogP contribution in [0.1, 0.15) is 52.4 Å². The van der Waals surface area contributed by atoms with Crippen molar-refractivity contribution in [3.63, 3.8) is 0 Å². The molecule has 0 aliphatic heterocycles. The molecular weight excluding hydrogens is 192 g/mol. The van der Waals surface area contributed by atoms with Crippen molar-refractivity contribution >= 4 is 5.97 Å². The highest BCUT2D eigenvalue weighted by atomic mass is 16.4. The van der Waals surface area contributed by atoms with E-state index >= 15 is 0 Å². The molecule has 2 N–H and O–H groups in total. The van der Waals surface area contributed by atoms with Crippen molar-refractivity contribution in [1.82, 2.24) is 0 Å². The number of aliphatic hydroxyl groups excluding tert-OH is 1. The molecule has 0 amide bonds. The van der Waals surface area contributed by atoms with Crippen LogP contribution in [0.3, 0.4) is 0 Å². The van der Waals surface area contributed by atoms with Crippen LogP contribution in [0.15, 0.2) is 0 Å². The van der Waals surface area contributed by atoms with Gasteiger partial charge in [0.15, 0.2) is 0 Å². The Hall–Kier alpha value is -0.570. The lowest BCUT2D eigenvalue weighted by Crippen LogP contribution is -2.29. The summed E-state index contributed by atoms with van der Waals surface area (Å²) in [4.78, 5) is 10.9. The van der Waals surface area contributed by atoms with Gasteiger partial charge >= 0.3 is 5.97 Å². The van der Waals surface area contributed by atoms with E-state index in [9.17, 15) is 9.90 Å². The Morgan fingerprint density at radius 2 is 1.93 bits per heavy atom. The third-order valence-electron chi connectivity index (χ3n) is 3.41. The number of rotatable bonds is 5. The molecule has 15 heavy (non-hydrogen) atoms. The number of hydrogen-bond acceptors (Lipinski definition) is 2. The molecule has 3 heteroatoms. The molecule has 1 atom stereocenters.